The van der Waals surface area contributed by atoms with Crippen LogP contribution in [0, 0.1) is 0 Å². The number of alkyl carbamates (subject to hydrolysis) is 1. The summed E-state index contributed by atoms with van der Waals surface area (Å²) in [5, 5.41) is 44.4. The SMILES string of the molecule is C[C@H](NC(=O)[C@H](C)NC(=O)C1(NC(=O)[C@H](C)NC(=O)C2(NC(=O)OC(C)(C)C)CC(C)(C)N([O])C(C)(C)C2)CC(C)(C)N([O])C(C)(C)C1)C(=O)N[C@@H](C)C(=O)OC(C)(C)C. The Morgan fingerprint density at radius 3 is 1.12 bits per heavy atom. The van der Waals surface area contributed by atoms with Crippen LogP contribution in [0.4, 0.5) is 4.79 Å². The fourth-order valence-electron chi connectivity index (χ4n) is 8.45. The van der Waals surface area contributed by atoms with Crippen molar-refractivity contribution in [3.63, 3.8) is 0 Å². The summed E-state index contributed by atoms with van der Waals surface area (Å²) in [4.78, 5) is 94.8. The lowest BCUT2D eigenvalue weighted by Crippen LogP contribution is -2.75. The lowest BCUT2D eigenvalue weighted by Gasteiger charge is -2.55. The summed E-state index contributed by atoms with van der Waals surface area (Å²) in [5.74, 6) is -4.46. The average Bonchev–Trinajstić information content (AvgIpc) is 3.03. The minimum Gasteiger partial charge on any atom is -0.458 e. The summed E-state index contributed by atoms with van der Waals surface area (Å²) >= 11 is 0. The minimum absolute atomic E-state index is 0.136. The molecule has 342 valence electrons. The van der Waals surface area contributed by atoms with Gasteiger partial charge in [0.25, 0.3) is 0 Å². The zero-order chi connectivity index (χ0) is 47.0. The molecule has 0 aromatic rings. The molecular weight excluding hydrogens is 780 g/mol. The fraction of sp³-hybridized carbons (Fsp3) is 0.829. The molecule has 19 heteroatoms. The van der Waals surface area contributed by atoms with Gasteiger partial charge in [0.1, 0.15) is 46.4 Å². The number of hydroxylamine groups is 4. The van der Waals surface area contributed by atoms with Gasteiger partial charge in [0.05, 0.1) is 0 Å². The lowest BCUT2D eigenvalue weighted by molar-refractivity contribution is -0.296. The molecular formula is C41H72N8O11. The number of hydrogen-bond acceptors (Lipinski definition) is 11. The van der Waals surface area contributed by atoms with Crippen LogP contribution in [-0.4, -0.2) is 120 Å². The second-order valence-electron chi connectivity index (χ2n) is 21.2. The van der Waals surface area contributed by atoms with Gasteiger partial charge in [0, 0.05) is 22.2 Å². The third-order valence-corrected chi connectivity index (χ3v) is 10.5. The number of nitrogens with zero attached hydrogens (tertiary/aromatic N) is 2. The summed E-state index contributed by atoms with van der Waals surface area (Å²) in [6, 6.07) is -4.73. The van der Waals surface area contributed by atoms with E-state index in [1.165, 1.54) is 27.7 Å². The van der Waals surface area contributed by atoms with Crippen LogP contribution in [0.1, 0.15) is 150 Å². The summed E-state index contributed by atoms with van der Waals surface area (Å²) < 4.78 is 10.8. The Morgan fingerprint density at radius 1 is 0.467 bits per heavy atom. The zero-order valence-electron chi connectivity index (χ0n) is 39.0. The fourth-order valence-corrected chi connectivity index (χ4v) is 8.45. The first-order valence-corrected chi connectivity index (χ1v) is 20.5. The van der Waals surface area contributed by atoms with Crippen LogP contribution in [0.25, 0.3) is 0 Å². The third kappa shape index (κ3) is 13.0. The van der Waals surface area contributed by atoms with Crippen molar-refractivity contribution in [1.29, 1.82) is 0 Å². The van der Waals surface area contributed by atoms with E-state index >= 15 is 0 Å². The first-order chi connectivity index (χ1) is 26.7. The molecule has 2 heterocycles. The molecule has 2 aliphatic heterocycles. The predicted molar refractivity (Wildman–Crippen MR) is 219 cm³/mol. The number of hydrogen-bond donors (Lipinski definition) is 6. The van der Waals surface area contributed by atoms with Crippen LogP contribution < -0.4 is 31.9 Å². The van der Waals surface area contributed by atoms with Gasteiger partial charge in [-0.05, 0) is 150 Å². The van der Waals surface area contributed by atoms with Crippen molar-refractivity contribution in [3.8, 4) is 0 Å². The first kappa shape index (κ1) is 52.1. The van der Waals surface area contributed by atoms with E-state index in [1.54, 1.807) is 96.9 Å². The Labute approximate surface area is 355 Å². The van der Waals surface area contributed by atoms with Crippen molar-refractivity contribution in [2.75, 3.05) is 0 Å². The van der Waals surface area contributed by atoms with E-state index in [0.717, 1.165) is 10.1 Å². The Morgan fingerprint density at radius 2 is 0.767 bits per heavy atom. The van der Waals surface area contributed by atoms with E-state index in [4.69, 9.17) is 9.47 Å². The lowest BCUT2D eigenvalue weighted by atomic mass is 9.69. The third-order valence-electron chi connectivity index (χ3n) is 10.5. The van der Waals surface area contributed by atoms with Crippen LogP contribution in [0.3, 0.4) is 0 Å². The maximum atomic E-state index is 14.4. The van der Waals surface area contributed by atoms with Crippen molar-refractivity contribution in [2.45, 2.75) is 219 Å². The molecule has 6 amide bonds. The minimum atomic E-state index is -1.80. The first-order valence-electron chi connectivity index (χ1n) is 20.5. The van der Waals surface area contributed by atoms with Gasteiger partial charge in [0.15, 0.2) is 0 Å². The van der Waals surface area contributed by atoms with Crippen molar-refractivity contribution >= 4 is 41.6 Å². The maximum absolute atomic E-state index is 14.4. The molecule has 2 rings (SSSR count). The number of carbonyl (C=O) groups is 7. The van der Waals surface area contributed by atoms with Gasteiger partial charge < -0.3 is 41.4 Å². The van der Waals surface area contributed by atoms with Crippen molar-refractivity contribution in [3.05, 3.63) is 0 Å². The zero-order valence-corrected chi connectivity index (χ0v) is 39.0. The summed E-state index contributed by atoms with van der Waals surface area (Å²) in [6.45, 7) is 28.7. The smallest absolute Gasteiger partial charge is 0.408 e. The van der Waals surface area contributed by atoms with E-state index in [-0.39, 0.29) is 25.7 Å². The van der Waals surface area contributed by atoms with Crippen molar-refractivity contribution in [2.24, 2.45) is 0 Å². The number of carbonyl (C=O) groups excluding carboxylic acids is 7. The number of nitrogens with one attached hydrogen (secondary N) is 6. The number of amides is 6. The van der Waals surface area contributed by atoms with Crippen molar-refractivity contribution < 1.29 is 53.4 Å². The van der Waals surface area contributed by atoms with E-state index in [0.29, 0.717) is 0 Å². The molecule has 2 fully saturated rings. The highest BCUT2D eigenvalue weighted by atomic mass is 16.6. The maximum Gasteiger partial charge on any atom is 0.408 e. The van der Waals surface area contributed by atoms with Crippen LogP contribution in [-0.2, 0) is 48.7 Å². The van der Waals surface area contributed by atoms with Crippen LogP contribution in [0.5, 0.6) is 0 Å². The highest BCUT2D eigenvalue weighted by molar-refractivity contribution is 5.99. The van der Waals surface area contributed by atoms with Crippen LogP contribution in [0.15, 0.2) is 0 Å². The molecule has 2 aliphatic rings. The summed E-state index contributed by atoms with van der Waals surface area (Å²) in [7, 11) is 0. The quantitative estimate of drug-likeness (QED) is 0.156. The normalized spacial score (nSPS) is 22.6. The number of ether oxygens (including phenoxy) is 2. The Bertz CT molecular complexity index is 1630. The molecule has 2 radical (unpaired) electrons. The van der Waals surface area contributed by atoms with Crippen LogP contribution in [0.2, 0.25) is 0 Å². The number of piperidine rings is 2. The molecule has 19 nitrogen and oxygen atoms in total. The number of esters is 1. The molecule has 60 heavy (non-hydrogen) atoms. The van der Waals surface area contributed by atoms with Gasteiger partial charge >= 0.3 is 12.1 Å². The predicted octanol–water partition coefficient (Wildman–Crippen LogP) is 2.46. The molecule has 0 saturated carbocycles. The highest BCUT2D eigenvalue weighted by Gasteiger charge is 2.60. The molecule has 6 N–H and O–H groups in total. The van der Waals surface area contributed by atoms with E-state index in [2.05, 4.69) is 31.9 Å². The molecule has 2 saturated heterocycles. The molecule has 0 unspecified atom stereocenters. The molecule has 0 aromatic carbocycles. The molecule has 0 bridgehead atoms. The topological polar surface area (TPSA) is 256 Å². The van der Waals surface area contributed by atoms with Gasteiger partial charge in [-0.3, -0.25) is 24.0 Å². The molecule has 4 atom stereocenters. The average molecular weight is 853 g/mol. The Balaban J connectivity index is 2.40. The van der Waals surface area contributed by atoms with Crippen LogP contribution >= 0.6 is 0 Å². The number of rotatable bonds is 12. The summed E-state index contributed by atoms with van der Waals surface area (Å²) in [5.41, 5.74) is -9.92. The standard InChI is InChI=1S/C41H72N8O11/c1-23(27(50)43-26(4)30(53)59-34(5,6)7)42-28(51)24(2)44-31(54)40(19-36(11,12)48(57)37(13,14)20-40)46-29(52)25(3)45-32(55)41(47-33(56)60-35(8,9)10)21-38(15,16)49(58)39(17,18)22-41/h23-26H,19-22H2,1-18H3,(H,42,51)(H,43,50)(H,44,54)(H,45,55)(H,46,52)(H,47,56)/t23-,24-,25-,26-/m0/s1. The van der Waals surface area contributed by atoms with E-state index < -0.39 is 110 Å². The summed E-state index contributed by atoms with van der Waals surface area (Å²) in [6.07, 6.45) is -1.57. The van der Waals surface area contributed by atoms with Gasteiger partial charge in [-0.15, -0.1) is 20.5 Å². The Hall–Kier alpha value is -4.07. The Kier molecular flexibility index (Phi) is 15.4. The molecule has 0 aromatic heterocycles. The van der Waals surface area contributed by atoms with Gasteiger partial charge in [-0.25, -0.2) is 9.59 Å². The molecule has 0 spiro atoms. The molecule has 0 aliphatic carbocycles. The van der Waals surface area contributed by atoms with E-state index in [1.807, 2.05) is 0 Å². The van der Waals surface area contributed by atoms with Crippen molar-refractivity contribution in [1.82, 2.24) is 42.0 Å². The largest absolute Gasteiger partial charge is 0.458 e. The van der Waals surface area contributed by atoms with Gasteiger partial charge in [-0.1, -0.05) is 0 Å². The highest BCUT2D eigenvalue weighted by Crippen LogP contribution is 2.44. The van der Waals surface area contributed by atoms with E-state index in [9.17, 15) is 44.0 Å². The monoisotopic (exact) mass is 853 g/mol. The van der Waals surface area contributed by atoms with Gasteiger partial charge in [0.2, 0.25) is 29.5 Å². The second kappa shape index (κ2) is 17.7. The van der Waals surface area contributed by atoms with Gasteiger partial charge in [-0.2, -0.15) is 0 Å². The second-order valence-corrected chi connectivity index (χ2v) is 21.2.